The minimum atomic E-state index is -1.96. The third-order valence-electron chi connectivity index (χ3n) is 9.76. The van der Waals surface area contributed by atoms with Crippen LogP contribution in [0.4, 0.5) is 0 Å². The molecule has 7 unspecified atom stereocenters. The van der Waals surface area contributed by atoms with Crippen molar-refractivity contribution in [3.05, 3.63) is 35.9 Å². The zero-order valence-electron chi connectivity index (χ0n) is 30.3. The second-order valence-electron chi connectivity index (χ2n) is 14.3. The van der Waals surface area contributed by atoms with Gasteiger partial charge in [0.2, 0.25) is 17.7 Å². The molecular formula is C34H50N8O10. The van der Waals surface area contributed by atoms with E-state index in [4.69, 9.17) is 0 Å². The van der Waals surface area contributed by atoms with Crippen molar-refractivity contribution in [1.29, 1.82) is 0 Å². The van der Waals surface area contributed by atoms with Crippen molar-refractivity contribution in [3.8, 4) is 0 Å². The van der Waals surface area contributed by atoms with Crippen molar-refractivity contribution >= 4 is 41.2 Å². The number of hydrogen-bond acceptors (Lipinski definition) is 12. The number of likely N-dealkylation sites (N-methyl/N-ethyl adjacent to an activating group) is 2. The lowest BCUT2D eigenvalue weighted by molar-refractivity contribution is -0.193. The van der Waals surface area contributed by atoms with Crippen molar-refractivity contribution in [2.24, 2.45) is 5.92 Å². The van der Waals surface area contributed by atoms with E-state index in [0.29, 0.717) is 5.56 Å². The SMILES string of the molecule is CCC(C)C1C(=O)N2NCC(=O)CC2C(=O)N(C)C(C(C)(C)O)C(=O)N2NCC(O)CC2C(=O)N(C)CC(=O)NC(Cc2ccccc2)C(=O)N1O. The smallest absolute Gasteiger partial charge is 0.269 e. The molecular weight excluding hydrogens is 680 g/mol. The van der Waals surface area contributed by atoms with Gasteiger partial charge in [-0.05, 0) is 25.3 Å². The van der Waals surface area contributed by atoms with E-state index in [0.717, 1.165) is 19.8 Å². The molecule has 52 heavy (non-hydrogen) atoms. The molecule has 7 atom stereocenters. The van der Waals surface area contributed by atoms with Crippen LogP contribution >= 0.6 is 0 Å². The predicted molar refractivity (Wildman–Crippen MR) is 182 cm³/mol. The number of aliphatic hydroxyl groups excluding tert-OH is 1. The van der Waals surface area contributed by atoms with Crippen molar-refractivity contribution < 1.29 is 49.0 Å². The van der Waals surface area contributed by atoms with Gasteiger partial charge in [0.15, 0.2) is 5.78 Å². The van der Waals surface area contributed by atoms with Crippen LogP contribution in [0.1, 0.15) is 52.5 Å². The van der Waals surface area contributed by atoms with Crippen LogP contribution in [-0.2, 0) is 40.0 Å². The first-order chi connectivity index (χ1) is 24.4. The van der Waals surface area contributed by atoms with Crippen LogP contribution in [0.2, 0.25) is 0 Å². The number of hydroxylamine groups is 2. The van der Waals surface area contributed by atoms with Crippen LogP contribution in [0.5, 0.6) is 0 Å². The van der Waals surface area contributed by atoms with E-state index in [1.54, 1.807) is 44.2 Å². The van der Waals surface area contributed by atoms with Gasteiger partial charge in [-0.3, -0.25) is 48.8 Å². The fraction of sp³-hybridized carbons (Fsp3) is 0.618. The Morgan fingerprint density at radius 3 is 2.13 bits per heavy atom. The van der Waals surface area contributed by atoms with Gasteiger partial charge < -0.3 is 25.3 Å². The third-order valence-corrected chi connectivity index (χ3v) is 9.76. The number of rotatable bonds is 5. The van der Waals surface area contributed by atoms with Crippen molar-refractivity contribution in [2.75, 3.05) is 33.7 Å². The zero-order valence-corrected chi connectivity index (χ0v) is 30.3. The average molecular weight is 731 g/mol. The maximum absolute atomic E-state index is 14.4. The standard InChI is InChI=1S/C34H50N8O10/c1-7-19(2)27-32(49)40-25(15-22(44)16-35-40)31(48)39(6)28(34(3,4)51)33(50)41-24(14-21(43)17-36-41)30(47)38(5)18-26(45)37-23(29(46)42(27)52)13-20-11-9-8-10-12-20/h8-12,19,21,23-25,27-28,35-36,43,51-52H,7,13-18H2,1-6H3,(H,37,45). The van der Waals surface area contributed by atoms with Gasteiger partial charge in [-0.2, -0.15) is 0 Å². The first-order valence-electron chi connectivity index (χ1n) is 17.3. The van der Waals surface area contributed by atoms with Gasteiger partial charge >= 0.3 is 0 Å². The first kappa shape index (κ1) is 40.3. The van der Waals surface area contributed by atoms with E-state index >= 15 is 0 Å². The number of Topliss-reactive ketones (excluding diaryl/α,β-unsaturated/α-hetero) is 1. The molecule has 3 saturated heterocycles. The molecule has 0 spiro atoms. The summed E-state index contributed by atoms with van der Waals surface area (Å²) in [6.07, 6.45) is -1.66. The summed E-state index contributed by atoms with van der Waals surface area (Å²) in [4.78, 5) is 99.1. The molecule has 0 aromatic heterocycles. The lowest BCUT2D eigenvalue weighted by Crippen LogP contribution is -2.71. The molecule has 0 saturated carbocycles. The van der Waals surface area contributed by atoms with Crippen molar-refractivity contribution in [2.45, 2.75) is 95.3 Å². The van der Waals surface area contributed by atoms with Gasteiger partial charge in [0.25, 0.3) is 17.7 Å². The van der Waals surface area contributed by atoms with Crippen LogP contribution < -0.4 is 16.2 Å². The molecule has 18 heteroatoms. The monoisotopic (exact) mass is 730 g/mol. The quantitative estimate of drug-likeness (QED) is 0.174. The predicted octanol–water partition coefficient (Wildman–Crippen LogP) is -2.44. The molecule has 3 aliphatic heterocycles. The maximum Gasteiger partial charge on any atom is 0.269 e. The molecule has 0 radical (unpaired) electrons. The molecule has 1 aromatic carbocycles. The fourth-order valence-electron chi connectivity index (χ4n) is 6.82. The molecule has 1 aromatic rings. The minimum absolute atomic E-state index is 0.108. The topological polar surface area (TPSA) is 232 Å². The molecule has 4 rings (SSSR count). The summed E-state index contributed by atoms with van der Waals surface area (Å²) in [5, 5.41) is 37.9. The summed E-state index contributed by atoms with van der Waals surface area (Å²) < 4.78 is 0. The number of carbonyl (C=O) groups excluding carboxylic acids is 7. The normalized spacial score (nSPS) is 28.6. The Kier molecular flexibility index (Phi) is 12.7. The Balaban J connectivity index is 1.87. The minimum Gasteiger partial charge on any atom is -0.392 e. The molecule has 0 bridgehead atoms. The van der Waals surface area contributed by atoms with Crippen LogP contribution in [0.3, 0.4) is 0 Å². The number of hydrogen-bond donors (Lipinski definition) is 6. The number of fused-ring (bicyclic) bond motifs is 2. The zero-order chi connectivity index (χ0) is 38.7. The molecule has 286 valence electrons. The number of benzene rings is 1. The van der Waals surface area contributed by atoms with Gasteiger partial charge in [0, 0.05) is 39.9 Å². The Hall–Kier alpha value is -4.49. The number of ketones is 1. The van der Waals surface area contributed by atoms with E-state index in [2.05, 4.69) is 16.2 Å². The Bertz CT molecular complexity index is 1540. The molecule has 18 nitrogen and oxygen atoms in total. The first-order valence-corrected chi connectivity index (χ1v) is 17.3. The summed E-state index contributed by atoms with van der Waals surface area (Å²) in [6.45, 7) is 4.75. The van der Waals surface area contributed by atoms with Crippen LogP contribution in [0.25, 0.3) is 0 Å². The highest BCUT2D eigenvalue weighted by molar-refractivity contribution is 6.00. The number of amides is 6. The van der Waals surface area contributed by atoms with E-state index < -0.39 is 102 Å². The van der Waals surface area contributed by atoms with Crippen molar-refractivity contribution in [3.63, 3.8) is 0 Å². The number of carbonyl (C=O) groups is 7. The fourth-order valence-corrected chi connectivity index (χ4v) is 6.82. The summed E-state index contributed by atoms with van der Waals surface area (Å²) in [6, 6.07) is 0.897. The molecule has 3 fully saturated rings. The van der Waals surface area contributed by atoms with E-state index in [1.165, 1.54) is 27.9 Å². The van der Waals surface area contributed by atoms with E-state index in [1.807, 2.05) is 0 Å². The molecule has 3 aliphatic rings. The number of aliphatic hydroxyl groups is 2. The molecule has 3 heterocycles. The van der Waals surface area contributed by atoms with Crippen LogP contribution in [0.15, 0.2) is 30.3 Å². The van der Waals surface area contributed by atoms with Crippen LogP contribution in [-0.4, -0.2) is 157 Å². The van der Waals surface area contributed by atoms with Gasteiger partial charge in [-0.1, -0.05) is 50.6 Å². The van der Waals surface area contributed by atoms with Gasteiger partial charge in [-0.15, -0.1) is 0 Å². The van der Waals surface area contributed by atoms with Gasteiger partial charge in [0.1, 0.15) is 30.2 Å². The highest BCUT2D eigenvalue weighted by Gasteiger charge is 2.50. The highest BCUT2D eigenvalue weighted by atomic mass is 16.5. The maximum atomic E-state index is 14.4. The third kappa shape index (κ3) is 8.75. The summed E-state index contributed by atoms with van der Waals surface area (Å²) in [7, 11) is 2.50. The lowest BCUT2D eigenvalue weighted by atomic mass is 9.92. The second-order valence-corrected chi connectivity index (χ2v) is 14.3. The second kappa shape index (κ2) is 16.5. The van der Waals surface area contributed by atoms with Gasteiger partial charge in [-0.25, -0.2) is 15.9 Å². The number of hydrazine groups is 2. The summed E-state index contributed by atoms with van der Waals surface area (Å²) in [5.41, 5.74) is 4.00. The number of β-amino-alcohol motifs (C(OH)–C–C–N with tert-alkyl or cyclic N) is 1. The Morgan fingerprint density at radius 1 is 0.885 bits per heavy atom. The van der Waals surface area contributed by atoms with Gasteiger partial charge in [0.05, 0.1) is 24.8 Å². The van der Waals surface area contributed by atoms with E-state index in [9.17, 15) is 49.0 Å². The Labute approximate surface area is 301 Å². The molecule has 6 amide bonds. The molecule has 6 N–H and O–H groups in total. The average Bonchev–Trinajstić information content (AvgIpc) is 3.09. The molecule has 0 aliphatic carbocycles. The largest absolute Gasteiger partial charge is 0.392 e. The highest BCUT2D eigenvalue weighted by Crippen LogP contribution is 2.26. The van der Waals surface area contributed by atoms with Crippen LogP contribution in [0, 0.1) is 5.92 Å². The summed E-state index contributed by atoms with van der Waals surface area (Å²) in [5.74, 6) is -6.58. The lowest BCUT2D eigenvalue weighted by Gasteiger charge is -2.46. The number of nitrogens with one attached hydrogen (secondary N) is 3. The Morgan fingerprint density at radius 2 is 1.52 bits per heavy atom. The van der Waals surface area contributed by atoms with Crippen molar-refractivity contribution in [1.82, 2.24) is 41.0 Å². The van der Waals surface area contributed by atoms with E-state index in [-0.39, 0.29) is 37.4 Å². The summed E-state index contributed by atoms with van der Waals surface area (Å²) >= 11 is 0. The number of nitrogens with zero attached hydrogens (tertiary/aromatic N) is 5.